The molecule has 0 saturated heterocycles. The van der Waals surface area contributed by atoms with Gasteiger partial charge in [-0.15, -0.1) is 4.91 Å². The summed E-state index contributed by atoms with van der Waals surface area (Å²) in [5.74, 6) is 0. The summed E-state index contributed by atoms with van der Waals surface area (Å²) in [6.45, 7) is 0. The molecule has 0 N–H and O–H groups in total. The number of nitro benzene ring substituents is 1. The Morgan fingerprint density at radius 3 is 2.18 bits per heavy atom. The minimum atomic E-state index is -0.533. The zero-order valence-corrected chi connectivity index (χ0v) is 5.43. The van der Waals surface area contributed by atoms with E-state index in [-0.39, 0.29) is 11.4 Å². The predicted octanol–water partition coefficient (Wildman–Crippen LogP) is 1.99. The van der Waals surface area contributed by atoms with E-state index in [4.69, 9.17) is 0 Å². The van der Waals surface area contributed by atoms with Gasteiger partial charge in [-0.3, -0.25) is 10.1 Å². The van der Waals surface area contributed by atoms with Crippen molar-refractivity contribution in [1.82, 2.24) is 0 Å². The summed E-state index contributed by atoms with van der Waals surface area (Å²) >= 11 is 0. The van der Waals surface area contributed by atoms with Crippen molar-refractivity contribution in [2.24, 2.45) is 5.18 Å². The summed E-state index contributed by atoms with van der Waals surface area (Å²) in [7, 11) is 0. The first-order chi connectivity index (χ1) is 5.24. The summed E-state index contributed by atoms with van der Waals surface area (Å²) < 4.78 is 0. The first-order valence-electron chi connectivity index (χ1n) is 2.82. The summed E-state index contributed by atoms with van der Waals surface area (Å²) in [6, 6.07) is 5.06. The molecule has 1 aromatic rings. The number of nitrogens with zero attached hydrogens (tertiary/aromatic N) is 2. The Balaban J connectivity index is 3.00. The van der Waals surface area contributed by atoms with Crippen LogP contribution < -0.4 is 0 Å². The molecule has 0 aromatic heterocycles. The van der Waals surface area contributed by atoms with E-state index in [1.54, 1.807) is 0 Å². The van der Waals surface area contributed by atoms with Crippen LogP contribution in [0.4, 0.5) is 11.4 Å². The fraction of sp³-hybridized carbons (Fsp3) is 0. The molecule has 0 fully saturated rings. The number of nitro groups is 1. The number of hydrogen-bond donors (Lipinski definition) is 0. The molecule has 56 valence electrons. The van der Waals surface area contributed by atoms with Crippen molar-refractivity contribution in [3.05, 3.63) is 39.3 Å². The van der Waals surface area contributed by atoms with E-state index < -0.39 is 4.92 Å². The van der Waals surface area contributed by atoms with Gasteiger partial charge in [-0.25, -0.2) is 0 Å². The second kappa shape index (κ2) is 2.87. The molecular weight excluding hydrogens is 148 g/mol. The standard InChI is InChI=1S/C6H4N2O3/c9-7-5-1-3-6(4-2-5)8(10)11/h1-4H. The van der Waals surface area contributed by atoms with Gasteiger partial charge in [0.1, 0.15) is 5.69 Å². The summed E-state index contributed by atoms with van der Waals surface area (Å²) in [6.07, 6.45) is 0. The van der Waals surface area contributed by atoms with Crippen LogP contribution in [-0.4, -0.2) is 4.92 Å². The highest BCUT2D eigenvalue weighted by atomic mass is 16.6. The maximum absolute atomic E-state index is 10.1. The van der Waals surface area contributed by atoms with Gasteiger partial charge >= 0.3 is 0 Å². The topological polar surface area (TPSA) is 72.6 Å². The Kier molecular flexibility index (Phi) is 1.91. The number of nitroso groups, excluding NO2 is 1. The Labute approximate surface area is 61.8 Å². The third-order valence-corrected chi connectivity index (χ3v) is 1.17. The van der Waals surface area contributed by atoms with Crippen LogP contribution in [0.2, 0.25) is 0 Å². The lowest BCUT2D eigenvalue weighted by Gasteiger charge is -1.88. The smallest absolute Gasteiger partial charge is 0.258 e. The largest absolute Gasteiger partial charge is 0.269 e. The van der Waals surface area contributed by atoms with E-state index in [9.17, 15) is 15.0 Å². The van der Waals surface area contributed by atoms with Gasteiger partial charge in [0, 0.05) is 12.1 Å². The molecule has 0 spiro atoms. The quantitative estimate of drug-likeness (QED) is 0.369. The highest BCUT2D eigenvalue weighted by molar-refractivity contribution is 5.43. The van der Waals surface area contributed by atoms with Crippen molar-refractivity contribution in [2.75, 3.05) is 0 Å². The number of rotatable bonds is 2. The Bertz CT molecular complexity index is 280. The molecule has 1 rings (SSSR count). The zero-order valence-electron chi connectivity index (χ0n) is 5.43. The number of non-ortho nitro benzene ring substituents is 1. The highest BCUT2D eigenvalue weighted by Gasteiger charge is 2.02. The van der Waals surface area contributed by atoms with E-state index in [1.807, 2.05) is 0 Å². The second-order valence-electron chi connectivity index (χ2n) is 1.86. The van der Waals surface area contributed by atoms with Crippen LogP contribution in [0.5, 0.6) is 0 Å². The SMILES string of the molecule is O=Nc1ccc([N+](=O)[O-])cc1. The van der Waals surface area contributed by atoms with Gasteiger partial charge in [-0.1, -0.05) is 0 Å². The van der Waals surface area contributed by atoms with Crippen LogP contribution in [0.15, 0.2) is 29.4 Å². The molecule has 0 bridgehead atoms. The van der Waals surface area contributed by atoms with E-state index in [1.165, 1.54) is 24.3 Å². The first-order valence-corrected chi connectivity index (χ1v) is 2.82. The van der Waals surface area contributed by atoms with Crippen molar-refractivity contribution >= 4 is 11.4 Å². The lowest BCUT2D eigenvalue weighted by Crippen LogP contribution is -1.85. The molecule has 0 amide bonds. The zero-order chi connectivity index (χ0) is 8.27. The normalized spacial score (nSPS) is 9.09. The third-order valence-electron chi connectivity index (χ3n) is 1.17. The fourth-order valence-electron chi connectivity index (χ4n) is 0.635. The lowest BCUT2D eigenvalue weighted by atomic mass is 10.3. The Morgan fingerprint density at radius 1 is 1.27 bits per heavy atom. The van der Waals surface area contributed by atoms with Gasteiger partial charge in [0.05, 0.1) is 4.92 Å². The fourth-order valence-corrected chi connectivity index (χ4v) is 0.635. The Hall–Kier alpha value is -1.78. The van der Waals surface area contributed by atoms with E-state index in [0.717, 1.165) is 0 Å². The maximum atomic E-state index is 10.1. The van der Waals surface area contributed by atoms with Gasteiger partial charge in [0.2, 0.25) is 0 Å². The van der Waals surface area contributed by atoms with Gasteiger partial charge in [-0.05, 0) is 17.3 Å². The average molecular weight is 152 g/mol. The average Bonchev–Trinajstić information content (AvgIpc) is 2.05. The minimum absolute atomic E-state index is 0.0441. The summed E-state index contributed by atoms with van der Waals surface area (Å²) in [4.78, 5) is 19.4. The molecule has 0 aliphatic heterocycles. The van der Waals surface area contributed by atoms with Crippen LogP contribution in [-0.2, 0) is 0 Å². The minimum Gasteiger partial charge on any atom is -0.258 e. The van der Waals surface area contributed by atoms with E-state index in [2.05, 4.69) is 5.18 Å². The van der Waals surface area contributed by atoms with Crippen LogP contribution in [0.25, 0.3) is 0 Å². The van der Waals surface area contributed by atoms with Gasteiger partial charge < -0.3 is 0 Å². The molecule has 0 aliphatic carbocycles. The number of hydrogen-bond acceptors (Lipinski definition) is 4. The maximum Gasteiger partial charge on any atom is 0.269 e. The molecule has 1 aromatic carbocycles. The molecule has 0 aliphatic rings. The molecule has 0 atom stereocenters. The summed E-state index contributed by atoms with van der Waals surface area (Å²) in [5, 5.41) is 12.7. The van der Waals surface area contributed by atoms with Crippen LogP contribution in [0, 0.1) is 15.0 Å². The van der Waals surface area contributed by atoms with Gasteiger partial charge in [0.15, 0.2) is 0 Å². The highest BCUT2D eigenvalue weighted by Crippen LogP contribution is 2.16. The molecule has 0 heterocycles. The predicted molar refractivity (Wildman–Crippen MR) is 38.6 cm³/mol. The molecule has 11 heavy (non-hydrogen) atoms. The third kappa shape index (κ3) is 1.57. The monoisotopic (exact) mass is 152 g/mol. The van der Waals surface area contributed by atoms with Crippen molar-refractivity contribution in [3.8, 4) is 0 Å². The summed E-state index contributed by atoms with van der Waals surface area (Å²) in [5.41, 5.74) is 0.146. The van der Waals surface area contributed by atoms with Crippen molar-refractivity contribution in [2.45, 2.75) is 0 Å². The van der Waals surface area contributed by atoms with Crippen LogP contribution >= 0.6 is 0 Å². The number of benzene rings is 1. The molecule has 0 unspecified atom stereocenters. The molecular formula is C6H4N2O3. The van der Waals surface area contributed by atoms with Crippen LogP contribution in [0.3, 0.4) is 0 Å². The molecule has 0 radical (unpaired) electrons. The molecule has 5 heteroatoms. The molecule has 5 nitrogen and oxygen atoms in total. The Morgan fingerprint density at radius 2 is 1.82 bits per heavy atom. The van der Waals surface area contributed by atoms with Gasteiger partial charge in [0.25, 0.3) is 5.69 Å². The van der Waals surface area contributed by atoms with Crippen molar-refractivity contribution in [3.63, 3.8) is 0 Å². The van der Waals surface area contributed by atoms with Crippen molar-refractivity contribution in [1.29, 1.82) is 0 Å². The van der Waals surface area contributed by atoms with Gasteiger partial charge in [-0.2, -0.15) is 0 Å². The molecule has 0 saturated carbocycles. The van der Waals surface area contributed by atoms with Crippen LogP contribution in [0.1, 0.15) is 0 Å². The second-order valence-corrected chi connectivity index (χ2v) is 1.86. The lowest BCUT2D eigenvalue weighted by molar-refractivity contribution is -0.384. The van der Waals surface area contributed by atoms with E-state index >= 15 is 0 Å². The van der Waals surface area contributed by atoms with Crippen molar-refractivity contribution < 1.29 is 4.92 Å². The van der Waals surface area contributed by atoms with E-state index in [0.29, 0.717) is 0 Å². The first kappa shape index (κ1) is 7.33.